The van der Waals surface area contributed by atoms with Crippen LogP contribution in [-0.2, 0) is 4.79 Å². The van der Waals surface area contributed by atoms with Crippen molar-refractivity contribution in [2.24, 2.45) is 4.99 Å². The molecule has 3 atom stereocenters. The van der Waals surface area contributed by atoms with Crippen molar-refractivity contribution in [1.29, 1.82) is 0 Å². The summed E-state index contributed by atoms with van der Waals surface area (Å²) in [5.41, 5.74) is 0. The van der Waals surface area contributed by atoms with Gasteiger partial charge in [-0.05, 0) is 39.0 Å². The summed E-state index contributed by atoms with van der Waals surface area (Å²) >= 11 is 0. The fourth-order valence-electron chi connectivity index (χ4n) is 4.23. The molecule has 4 nitrogen and oxygen atoms in total. The lowest BCUT2D eigenvalue weighted by Crippen LogP contribution is -2.63. The van der Waals surface area contributed by atoms with E-state index in [1.54, 1.807) is 6.92 Å². The Balaban J connectivity index is 2.17. The minimum atomic E-state index is 0.0542. The van der Waals surface area contributed by atoms with Crippen molar-refractivity contribution in [3.05, 3.63) is 12.2 Å². The molecular weight excluding hydrogens is 334 g/mol. The van der Waals surface area contributed by atoms with Crippen LogP contribution in [0.25, 0.3) is 0 Å². The highest BCUT2D eigenvalue weighted by Crippen LogP contribution is 2.27. The van der Waals surface area contributed by atoms with Gasteiger partial charge in [-0.1, -0.05) is 51.2 Å². The van der Waals surface area contributed by atoms with Gasteiger partial charge in [0.15, 0.2) is 12.3 Å². The Bertz CT molecular complexity index is 461. The molecule has 1 aliphatic heterocycles. The van der Waals surface area contributed by atoms with Gasteiger partial charge in [-0.15, -0.1) is 0 Å². The van der Waals surface area contributed by atoms with Crippen LogP contribution in [0.3, 0.4) is 0 Å². The zero-order valence-corrected chi connectivity index (χ0v) is 18.4. The molecule has 0 aliphatic carbocycles. The van der Waals surface area contributed by atoms with Crippen molar-refractivity contribution in [2.75, 3.05) is 13.1 Å². The molecule has 0 aromatic heterocycles. The minimum absolute atomic E-state index is 0.0542. The molecule has 0 saturated heterocycles. The van der Waals surface area contributed by atoms with Crippen LogP contribution < -0.4 is 5.32 Å². The smallest absolute Gasteiger partial charge is 0.221 e. The number of carbonyl (C=O) groups is 1. The van der Waals surface area contributed by atoms with E-state index in [2.05, 4.69) is 44.5 Å². The van der Waals surface area contributed by atoms with Gasteiger partial charge in [0.2, 0.25) is 5.91 Å². The Kier molecular flexibility index (Phi) is 12.3. The van der Waals surface area contributed by atoms with Crippen molar-refractivity contribution in [3.63, 3.8) is 0 Å². The number of hydrogen-bond acceptors (Lipinski definition) is 2. The van der Waals surface area contributed by atoms with E-state index in [1.165, 1.54) is 64.2 Å². The molecule has 4 heteroatoms. The zero-order valence-electron chi connectivity index (χ0n) is 18.4. The Morgan fingerprint density at radius 1 is 1.11 bits per heavy atom. The Hall–Kier alpha value is -1.16. The fraction of sp³-hybridized carbons (Fsp3) is 0.826. The standard InChI is InChI=1S/C23H43N3O/c1-5-7-8-9-10-11-12-13-14-15-16-17-18-23-24-19-20-26(23,6-2)21(3)25-22(4)27/h10-11,19,21,23H,5-9,12-18,20H2,1-4H3/p+1/b11-10+. The van der Waals surface area contributed by atoms with E-state index in [1.807, 2.05) is 0 Å². The second-order valence-corrected chi connectivity index (χ2v) is 8.10. The lowest BCUT2D eigenvalue weighted by molar-refractivity contribution is -0.959. The molecule has 0 bridgehead atoms. The summed E-state index contributed by atoms with van der Waals surface area (Å²) in [5.74, 6) is 0.0542. The molecule has 3 unspecified atom stereocenters. The lowest BCUT2D eigenvalue weighted by Gasteiger charge is -2.42. The number of amides is 1. The van der Waals surface area contributed by atoms with E-state index in [9.17, 15) is 4.79 Å². The van der Waals surface area contributed by atoms with E-state index >= 15 is 0 Å². The number of rotatable bonds is 15. The molecule has 0 spiro atoms. The lowest BCUT2D eigenvalue weighted by atomic mass is 10.1. The van der Waals surface area contributed by atoms with Gasteiger partial charge in [0, 0.05) is 20.3 Å². The maximum absolute atomic E-state index is 11.5. The Labute approximate surface area is 168 Å². The second-order valence-electron chi connectivity index (χ2n) is 8.10. The highest BCUT2D eigenvalue weighted by Gasteiger charge is 2.42. The molecule has 1 aliphatic rings. The summed E-state index contributed by atoms with van der Waals surface area (Å²) in [4.78, 5) is 16.2. The summed E-state index contributed by atoms with van der Waals surface area (Å²) in [7, 11) is 0. The van der Waals surface area contributed by atoms with Gasteiger partial charge in [0.1, 0.15) is 6.54 Å². The van der Waals surface area contributed by atoms with Crippen molar-refractivity contribution >= 4 is 12.1 Å². The van der Waals surface area contributed by atoms with Gasteiger partial charge < -0.3 is 5.32 Å². The Morgan fingerprint density at radius 3 is 2.37 bits per heavy atom. The number of carbonyl (C=O) groups excluding carboxylic acids is 1. The molecule has 0 aromatic rings. The molecule has 0 saturated carbocycles. The first-order valence-corrected chi connectivity index (χ1v) is 11.4. The quantitative estimate of drug-likeness (QED) is 0.225. The van der Waals surface area contributed by atoms with Crippen LogP contribution in [0.2, 0.25) is 0 Å². The number of quaternary nitrogens is 1. The highest BCUT2D eigenvalue weighted by atomic mass is 16.1. The number of unbranched alkanes of at least 4 members (excludes halogenated alkanes) is 8. The van der Waals surface area contributed by atoms with Crippen LogP contribution in [-0.4, -0.2) is 42.0 Å². The van der Waals surface area contributed by atoms with Crippen molar-refractivity contribution in [3.8, 4) is 0 Å². The predicted molar refractivity (Wildman–Crippen MR) is 117 cm³/mol. The molecule has 0 aromatic carbocycles. The van der Waals surface area contributed by atoms with Crippen molar-refractivity contribution in [1.82, 2.24) is 5.32 Å². The van der Waals surface area contributed by atoms with E-state index in [-0.39, 0.29) is 12.1 Å². The first kappa shape index (κ1) is 23.9. The molecule has 0 fully saturated rings. The molecule has 0 radical (unpaired) electrons. The number of nitrogens with zero attached hydrogens (tertiary/aromatic N) is 2. The fourth-order valence-corrected chi connectivity index (χ4v) is 4.23. The van der Waals surface area contributed by atoms with Gasteiger partial charge in [0.25, 0.3) is 0 Å². The molecule has 1 amide bonds. The maximum atomic E-state index is 11.5. The van der Waals surface area contributed by atoms with E-state index in [0.29, 0.717) is 6.17 Å². The third-order valence-electron chi connectivity index (χ3n) is 6.04. The van der Waals surface area contributed by atoms with Gasteiger partial charge in [0.05, 0.1) is 12.8 Å². The average molecular weight is 379 g/mol. The van der Waals surface area contributed by atoms with E-state index < -0.39 is 0 Å². The molecule has 1 heterocycles. The molecule has 1 N–H and O–H groups in total. The topological polar surface area (TPSA) is 41.5 Å². The van der Waals surface area contributed by atoms with Gasteiger partial charge in [-0.2, -0.15) is 0 Å². The molecule has 27 heavy (non-hydrogen) atoms. The molecule has 156 valence electrons. The van der Waals surface area contributed by atoms with E-state index in [0.717, 1.165) is 24.0 Å². The SMILES string of the molecule is CCCCC/C=C/CCCCCCCC1N=CC[N+]1(CC)C(C)NC(C)=O. The third-order valence-corrected chi connectivity index (χ3v) is 6.04. The van der Waals surface area contributed by atoms with Crippen LogP contribution in [0.4, 0.5) is 0 Å². The number of allylic oxidation sites excluding steroid dienone is 2. The van der Waals surface area contributed by atoms with E-state index in [4.69, 9.17) is 4.99 Å². The van der Waals surface area contributed by atoms with Crippen LogP contribution in [0.1, 0.15) is 98.3 Å². The van der Waals surface area contributed by atoms with Crippen molar-refractivity contribution < 1.29 is 9.28 Å². The molecular formula is C23H44N3O+. The zero-order chi connectivity index (χ0) is 20.0. The number of nitrogens with one attached hydrogen (secondary N) is 1. The predicted octanol–water partition coefficient (Wildman–Crippen LogP) is 5.58. The maximum Gasteiger partial charge on any atom is 0.221 e. The highest BCUT2D eigenvalue weighted by molar-refractivity contribution is 5.73. The summed E-state index contributed by atoms with van der Waals surface area (Å²) in [6, 6.07) is 0. The second kappa shape index (κ2) is 13.9. The van der Waals surface area contributed by atoms with Gasteiger partial charge in [-0.3, -0.25) is 9.28 Å². The summed E-state index contributed by atoms with van der Waals surface area (Å²) < 4.78 is 0.877. The largest absolute Gasteiger partial charge is 0.307 e. The van der Waals surface area contributed by atoms with Crippen LogP contribution in [0.15, 0.2) is 17.1 Å². The van der Waals surface area contributed by atoms with Gasteiger partial charge >= 0.3 is 0 Å². The van der Waals surface area contributed by atoms with Crippen molar-refractivity contribution in [2.45, 2.75) is 111 Å². The minimum Gasteiger partial charge on any atom is -0.307 e. The summed E-state index contributed by atoms with van der Waals surface area (Å²) in [5, 5.41) is 3.10. The number of hydrogen-bond donors (Lipinski definition) is 1. The van der Waals surface area contributed by atoms with Crippen LogP contribution in [0.5, 0.6) is 0 Å². The monoisotopic (exact) mass is 378 g/mol. The third kappa shape index (κ3) is 8.59. The number of aliphatic imine (C=N–C) groups is 1. The van der Waals surface area contributed by atoms with Crippen LogP contribution >= 0.6 is 0 Å². The first-order chi connectivity index (χ1) is 13.1. The molecule has 1 rings (SSSR count). The normalized spacial score (nSPS) is 23.2. The Morgan fingerprint density at radius 2 is 1.74 bits per heavy atom. The van der Waals surface area contributed by atoms with Gasteiger partial charge in [-0.25, -0.2) is 4.99 Å². The summed E-state index contributed by atoms with van der Waals surface area (Å²) in [6.07, 6.45) is 21.4. The summed E-state index contributed by atoms with van der Waals surface area (Å²) in [6.45, 7) is 10.2. The average Bonchev–Trinajstić information content (AvgIpc) is 3.06. The van der Waals surface area contributed by atoms with Crippen LogP contribution in [0, 0.1) is 0 Å². The first-order valence-electron chi connectivity index (χ1n) is 11.4.